The first-order valence-electron chi connectivity index (χ1n) is 9.64. The Morgan fingerprint density at radius 2 is 1.71 bits per heavy atom. The average molecular weight is 388 g/mol. The normalized spacial score (nSPS) is 23.5. The van der Waals surface area contributed by atoms with E-state index in [4.69, 9.17) is 14.6 Å². The number of piperidine rings is 1. The molecule has 1 saturated heterocycles. The molecule has 28 heavy (non-hydrogen) atoms. The summed E-state index contributed by atoms with van der Waals surface area (Å²) in [6.07, 6.45) is 11.1. The van der Waals surface area contributed by atoms with Crippen molar-refractivity contribution in [2.45, 2.75) is 56.8 Å². The molecule has 1 aliphatic carbocycles. The number of hydrogen-bond acceptors (Lipinski definition) is 7. The fourth-order valence-corrected chi connectivity index (χ4v) is 3.73. The van der Waals surface area contributed by atoms with Gasteiger partial charge in [-0.15, -0.1) is 0 Å². The third-order valence-electron chi connectivity index (χ3n) is 5.27. The summed E-state index contributed by atoms with van der Waals surface area (Å²) in [5.41, 5.74) is 0. The standard InChI is InChI=1S/C18H24N6O4/c25-18(26)23-7-5-15(6-8-23)27-13-1-3-14(4-2-13)28-17-10-20-16(9-21-17)24-12-19-11-22-24/h9-15H,1-8H2,(H,25,26). The summed E-state index contributed by atoms with van der Waals surface area (Å²) in [4.78, 5) is 24.9. The summed E-state index contributed by atoms with van der Waals surface area (Å²) in [6, 6.07) is 0. The van der Waals surface area contributed by atoms with E-state index in [1.54, 1.807) is 23.4 Å². The van der Waals surface area contributed by atoms with Gasteiger partial charge < -0.3 is 19.5 Å². The molecule has 0 bridgehead atoms. The molecule has 1 saturated carbocycles. The van der Waals surface area contributed by atoms with Gasteiger partial charge in [-0.1, -0.05) is 0 Å². The Morgan fingerprint density at radius 1 is 1.00 bits per heavy atom. The molecule has 0 radical (unpaired) electrons. The van der Waals surface area contributed by atoms with Crippen molar-refractivity contribution in [1.82, 2.24) is 29.6 Å². The lowest BCUT2D eigenvalue weighted by atomic mass is 9.94. The van der Waals surface area contributed by atoms with Crippen LogP contribution in [0.3, 0.4) is 0 Å². The van der Waals surface area contributed by atoms with Gasteiger partial charge in [-0.3, -0.25) is 0 Å². The number of amides is 1. The lowest BCUT2D eigenvalue weighted by Crippen LogP contribution is -2.41. The Kier molecular flexibility index (Phi) is 5.65. The maximum absolute atomic E-state index is 11.0. The van der Waals surface area contributed by atoms with Crippen LogP contribution in [0.15, 0.2) is 25.0 Å². The molecule has 150 valence electrons. The topological polar surface area (TPSA) is 115 Å². The highest BCUT2D eigenvalue weighted by Gasteiger charge is 2.28. The Balaban J connectivity index is 1.20. The van der Waals surface area contributed by atoms with Gasteiger partial charge in [0.25, 0.3) is 0 Å². The van der Waals surface area contributed by atoms with Gasteiger partial charge >= 0.3 is 6.09 Å². The SMILES string of the molecule is O=C(O)N1CCC(OC2CCC(Oc3cnc(-n4cncn4)cn3)CC2)CC1. The fourth-order valence-electron chi connectivity index (χ4n) is 3.73. The number of hydrogen-bond donors (Lipinski definition) is 1. The zero-order chi connectivity index (χ0) is 19.3. The van der Waals surface area contributed by atoms with E-state index in [2.05, 4.69) is 20.1 Å². The van der Waals surface area contributed by atoms with Crippen LogP contribution in [0.25, 0.3) is 5.82 Å². The molecule has 3 heterocycles. The number of rotatable bonds is 5. The highest BCUT2D eigenvalue weighted by atomic mass is 16.5. The number of ether oxygens (including phenoxy) is 2. The van der Waals surface area contributed by atoms with Crippen molar-refractivity contribution in [3.05, 3.63) is 25.0 Å². The van der Waals surface area contributed by atoms with Crippen LogP contribution < -0.4 is 4.74 Å². The summed E-state index contributed by atoms with van der Waals surface area (Å²) in [5.74, 6) is 1.10. The molecule has 2 aromatic rings. The molecule has 2 aromatic heterocycles. The first-order valence-corrected chi connectivity index (χ1v) is 9.64. The number of carboxylic acid groups (broad SMARTS) is 1. The lowest BCUT2D eigenvalue weighted by Gasteiger charge is -2.35. The monoisotopic (exact) mass is 388 g/mol. The molecular weight excluding hydrogens is 364 g/mol. The van der Waals surface area contributed by atoms with Gasteiger partial charge in [-0.25, -0.2) is 24.4 Å². The predicted octanol–water partition coefficient (Wildman–Crippen LogP) is 1.91. The van der Waals surface area contributed by atoms with Crippen molar-refractivity contribution >= 4 is 6.09 Å². The maximum Gasteiger partial charge on any atom is 0.407 e. The highest BCUT2D eigenvalue weighted by molar-refractivity contribution is 5.65. The molecule has 0 spiro atoms. The van der Waals surface area contributed by atoms with Gasteiger partial charge in [-0.05, 0) is 38.5 Å². The molecule has 0 unspecified atom stereocenters. The molecule has 0 aromatic carbocycles. The van der Waals surface area contributed by atoms with Crippen molar-refractivity contribution < 1.29 is 19.4 Å². The van der Waals surface area contributed by atoms with Crippen LogP contribution >= 0.6 is 0 Å². The molecular formula is C18H24N6O4. The van der Waals surface area contributed by atoms with Crippen LogP contribution in [0.1, 0.15) is 38.5 Å². The molecule has 2 fully saturated rings. The molecule has 2 aliphatic rings. The minimum atomic E-state index is -0.839. The zero-order valence-electron chi connectivity index (χ0n) is 15.6. The Labute approximate surface area is 162 Å². The van der Waals surface area contributed by atoms with Crippen LogP contribution in [0, 0.1) is 0 Å². The van der Waals surface area contributed by atoms with E-state index in [1.165, 1.54) is 11.2 Å². The first-order chi connectivity index (χ1) is 13.7. The van der Waals surface area contributed by atoms with Gasteiger partial charge in [0.2, 0.25) is 5.88 Å². The van der Waals surface area contributed by atoms with Crippen molar-refractivity contribution in [1.29, 1.82) is 0 Å². The zero-order valence-corrected chi connectivity index (χ0v) is 15.6. The van der Waals surface area contributed by atoms with E-state index >= 15 is 0 Å². The van der Waals surface area contributed by atoms with Crippen molar-refractivity contribution in [3.63, 3.8) is 0 Å². The highest BCUT2D eigenvalue weighted by Crippen LogP contribution is 2.27. The minimum Gasteiger partial charge on any atom is -0.473 e. The summed E-state index contributed by atoms with van der Waals surface area (Å²) in [7, 11) is 0. The van der Waals surface area contributed by atoms with E-state index in [0.717, 1.165) is 38.5 Å². The van der Waals surface area contributed by atoms with E-state index in [0.29, 0.717) is 24.8 Å². The summed E-state index contributed by atoms with van der Waals surface area (Å²) in [5, 5.41) is 13.0. The van der Waals surface area contributed by atoms with Crippen molar-refractivity contribution in [2.75, 3.05) is 13.1 Å². The Hall–Kier alpha value is -2.75. The summed E-state index contributed by atoms with van der Waals surface area (Å²) >= 11 is 0. The second kappa shape index (κ2) is 8.51. The third kappa shape index (κ3) is 4.56. The molecule has 1 N–H and O–H groups in total. The predicted molar refractivity (Wildman–Crippen MR) is 97.3 cm³/mol. The second-order valence-corrected chi connectivity index (χ2v) is 7.17. The van der Waals surface area contributed by atoms with Gasteiger partial charge in [0.15, 0.2) is 5.82 Å². The second-order valence-electron chi connectivity index (χ2n) is 7.17. The van der Waals surface area contributed by atoms with Gasteiger partial charge in [0, 0.05) is 13.1 Å². The van der Waals surface area contributed by atoms with Crippen LogP contribution in [-0.2, 0) is 4.74 Å². The molecule has 10 heteroatoms. The van der Waals surface area contributed by atoms with Crippen LogP contribution in [-0.4, -0.2) is 72.2 Å². The average Bonchev–Trinajstić information content (AvgIpc) is 3.25. The summed E-state index contributed by atoms with van der Waals surface area (Å²) in [6.45, 7) is 1.11. The van der Waals surface area contributed by atoms with Crippen molar-refractivity contribution in [3.8, 4) is 11.7 Å². The third-order valence-corrected chi connectivity index (χ3v) is 5.27. The van der Waals surface area contributed by atoms with Crippen molar-refractivity contribution in [2.24, 2.45) is 0 Å². The summed E-state index contributed by atoms with van der Waals surface area (Å²) < 4.78 is 13.7. The van der Waals surface area contributed by atoms with Crippen LogP contribution in [0.5, 0.6) is 5.88 Å². The van der Waals surface area contributed by atoms with Gasteiger partial charge in [0.05, 0.1) is 24.6 Å². The van der Waals surface area contributed by atoms with Crippen LogP contribution in [0.2, 0.25) is 0 Å². The number of aromatic nitrogens is 5. The van der Waals surface area contributed by atoms with Gasteiger partial charge in [-0.2, -0.15) is 5.10 Å². The van der Waals surface area contributed by atoms with Crippen LogP contribution in [0.4, 0.5) is 4.79 Å². The molecule has 4 rings (SSSR count). The quantitative estimate of drug-likeness (QED) is 0.826. The Morgan fingerprint density at radius 3 is 2.32 bits per heavy atom. The Bertz CT molecular complexity index is 753. The molecule has 1 aliphatic heterocycles. The molecule has 0 atom stereocenters. The van der Waals surface area contributed by atoms with Gasteiger partial charge in [0.1, 0.15) is 18.8 Å². The molecule has 1 amide bonds. The van der Waals surface area contributed by atoms with E-state index < -0.39 is 6.09 Å². The van der Waals surface area contributed by atoms with E-state index in [1.807, 2.05) is 0 Å². The largest absolute Gasteiger partial charge is 0.473 e. The fraction of sp³-hybridized carbons (Fsp3) is 0.611. The molecule has 10 nitrogen and oxygen atoms in total. The maximum atomic E-state index is 11.0. The number of carbonyl (C=O) groups is 1. The number of nitrogens with zero attached hydrogens (tertiary/aromatic N) is 6. The smallest absolute Gasteiger partial charge is 0.407 e. The van der Waals surface area contributed by atoms with E-state index in [-0.39, 0.29) is 18.3 Å². The lowest BCUT2D eigenvalue weighted by molar-refractivity contribution is -0.0644. The minimum absolute atomic E-state index is 0.111. The number of likely N-dealkylation sites (tertiary alicyclic amines) is 1. The first kappa shape index (κ1) is 18.6. The van der Waals surface area contributed by atoms with E-state index in [9.17, 15) is 4.79 Å².